The van der Waals surface area contributed by atoms with E-state index in [1.807, 2.05) is 39.8 Å². The molecule has 5 rings (SSSR count). The highest BCUT2D eigenvalue weighted by Gasteiger charge is 2.57. The molecule has 14 atom stereocenters. The van der Waals surface area contributed by atoms with Crippen LogP contribution in [0, 0.1) is 39.7 Å². The van der Waals surface area contributed by atoms with Crippen molar-refractivity contribution in [3.63, 3.8) is 0 Å². The fourth-order valence-corrected chi connectivity index (χ4v) is 20.3. The van der Waals surface area contributed by atoms with Gasteiger partial charge in [0.1, 0.15) is 30.1 Å². The number of nitro groups is 1. The predicted octanol–water partition coefficient (Wildman–Crippen LogP) is 9.99. The van der Waals surface area contributed by atoms with Gasteiger partial charge in [0.15, 0.2) is 4.90 Å². The number of carbonyl (C=O) groups is 4. The van der Waals surface area contributed by atoms with E-state index in [4.69, 9.17) is 32.3 Å². The van der Waals surface area contributed by atoms with E-state index in [1.165, 1.54) is 38.4 Å². The maximum absolute atomic E-state index is 15.2. The number of aliphatic hydroxyl groups is 1. The number of hydrogen-bond acceptors (Lipinski definition) is 16. The first kappa shape index (κ1) is 65.1. The second-order valence-electron chi connectivity index (χ2n) is 23.8. The summed E-state index contributed by atoms with van der Waals surface area (Å²) in [5.74, 6) is -8.10. The van der Waals surface area contributed by atoms with Crippen LogP contribution in [-0.4, -0.2) is 138 Å². The highest BCUT2D eigenvalue weighted by Crippen LogP contribution is 2.46. The Kier molecular flexibility index (Phi) is 23.2. The first-order valence-electron chi connectivity index (χ1n) is 28.4. The summed E-state index contributed by atoms with van der Waals surface area (Å²) in [6.07, 6.45) is 2.08. The molecule has 1 aromatic carbocycles. The lowest BCUT2D eigenvalue weighted by atomic mass is 9.81. The van der Waals surface area contributed by atoms with Crippen LogP contribution in [0.4, 0.5) is 5.69 Å². The van der Waals surface area contributed by atoms with Crippen LogP contribution in [0.5, 0.6) is 0 Å². The van der Waals surface area contributed by atoms with Crippen molar-refractivity contribution in [1.82, 2.24) is 4.90 Å². The summed E-state index contributed by atoms with van der Waals surface area (Å²) in [7, 11) is -2.95. The number of ether oxygens (including phenoxy) is 5. The van der Waals surface area contributed by atoms with Crippen LogP contribution in [0.1, 0.15) is 154 Å². The fraction of sp³-hybridized carbons (Fsp3) is 0.759. The second kappa shape index (κ2) is 27.8. The maximum atomic E-state index is 15.2. The number of benzene rings is 1. The van der Waals surface area contributed by atoms with E-state index in [1.54, 1.807) is 6.92 Å². The van der Waals surface area contributed by atoms with E-state index < -0.39 is 124 Å². The minimum absolute atomic E-state index is 0.00206. The van der Waals surface area contributed by atoms with Crippen LogP contribution in [-0.2, 0) is 61.6 Å². The highest BCUT2D eigenvalue weighted by molar-refractivity contribution is 7.87. The molecule has 14 unspecified atom stereocenters. The molecule has 1 N–H and O–H groups in total. The van der Waals surface area contributed by atoms with Crippen molar-refractivity contribution in [2.24, 2.45) is 29.6 Å². The Morgan fingerprint density at radius 3 is 2.08 bits per heavy atom. The Labute approximate surface area is 465 Å². The average molecular weight is 1130 g/mol. The molecular formula is C58H92N2O16SSi. The molecule has 18 nitrogen and oxygen atoms in total. The molecule has 78 heavy (non-hydrogen) atoms. The van der Waals surface area contributed by atoms with Gasteiger partial charge < -0.3 is 38.1 Å². The standard InChI is InChI=1S/C58H92N2O16SSi/c1-16-43-28-37(8)27-38(9)29-50(71-14)54-51(72-15)31-40(11)58(65,74-54)55(62)56(63)59-26-20-19-22-45(59)57(64)73-53(41(12)48(33-46(43)61)76-78(34(2)3,35(4)5)36(6)7)39(10)30-42-24-25-47(70-13)49(32-42)75-77(68,69)52-23-18-17-21-44(52)60(66)67/h17-18,21,23,28,30,34-36,38,40-43,45,47-51,53-54,65H,16,19-20,22,24-27,29,31-33H2,1-15H3/b37-28+,39-30?. The van der Waals surface area contributed by atoms with Gasteiger partial charge in [-0.25, -0.2) is 4.79 Å². The molecule has 0 radical (unpaired) electrons. The van der Waals surface area contributed by atoms with Gasteiger partial charge in [-0.3, -0.25) is 28.7 Å². The van der Waals surface area contributed by atoms with Crippen LogP contribution in [0.3, 0.4) is 0 Å². The molecule has 20 heteroatoms. The number of nitrogens with zero attached hydrogens (tertiary/aromatic N) is 2. The van der Waals surface area contributed by atoms with Crippen molar-refractivity contribution >= 4 is 47.6 Å². The third-order valence-corrected chi connectivity index (χ3v) is 25.0. The number of hydrogen-bond donors (Lipinski definition) is 1. The van der Waals surface area contributed by atoms with Crippen molar-refractivity contribution in [2.75, 3.05) is 27.9 Å². The summed E-state index contributed by atoms with van der Waals surface area (Å²) in [4.78, 5) is 71.4. The van der Waals surface area contributed by atoms with E-state index in [9.17, 15) is 33.2 Å². The molecule has 2 saturated heterocycles. The molecule has 0 aromatic heterocycles. The van der Waals surface area contributed by atoms with Crippen molar-refractivity contribution in [1.29, 1.82) is 0 Å². The summed E-state index contributed by atoms with van der Waals surface area (Å²) in [6.45, 7) is 24.4. The van der Waals surface area contributed by atoms with E-state index in [0.717, 1.165) is 17.7 Å². The monoisotopic (exact) mass is 1130 g/mol. The smallest absolute Gasteiger partial charge is 0.329 e. The number of methoxy groups -OCH3 is 3. The zero-order chi connectivity index (χ0) is 58.2. The van der Waals surface area contributed by atoms with Crippen molar-refractivity contribution < 1.29 is 69.9 Å². The molecular weight excluding hydrogens is 1040 g/mol. The first-order valence-corrected chi connectivity index (χ1v) is 31.9. The Hall–Kier alpha value is -3.73. The number of Topliss-reactive ketones (excluding diaryl/α,β-unsaturated/α-hetero) is 2. The molecule has 2 bridgehead atoms. The number of para-hydroxylation sites is 1. The van der Waals surface area contributed by atoms with E-state index in [2.05, 4.69) is 48.5 Å². The highest BCUT2D eigenvalue weighted by atomic mass is 32.2. The second-order valence-corrected chi connectivity index (χ2v) is 30.8. The molecule has 1 aromatic rings. The number of nitro benzene ring substituents is 1. The van der Waals surface area contributed by atoms with Gasteiger partial charge in [0.25, 0.3) is 17.4 Å². The van der Waals surface area contributed by atoms with E-state index >= 15 is 9.59 Å². The predicted molar refractivity (Wildman–Crippen MR) is 297 cm³/mol. The van der Waals surface area contributed by atoms with Crippen molar-refractivity contribution in [3.05, 3.63) is 57.7 Å². The number of ketones is 2. The number of carbonyl (C=O) groups excluding carboxylic acids is 4. The number of piperidine rings is 1. The minimum Gasteiger partial charge on any atom is -0.456 e. The summed E-state index contributed by atoms with van der Waals surface area (Å²) in [5.41, 5.74) is 1.29. The maximum Gasteiger partial charge on any atom is 0.329 e. The number of esters is 1. The molecule has 4 aliphatic rings. The van der Waals surface area contributed by atoms with Gasteiger partial charge in [-0.15, -0.1) is 0 Å². The van der Waals surface area contributed by atoms with Crippen molar-refractivity contribution in [2.45, 2.75) is 230 Å². The Balaban J connectivity index is 1.68. The number of allylic oxidation sites excluding steroid dienone is 3. The molecule has 440 valence electrons. The first-order chi connectivity index (χ1) is 36.6. The number of amides is 1. The normalized spacial score (nSPS) is 33.8. The van der Waals surface area contributed by atoms with Gasteiger partial charge in [0, 0.05) is 58.1 Å². The lowest BCUT2D eigenvalue weighted by molar-refractivity contribution is -0.387. The Bertz CT molecular complexity index is 2410. The van der Waals surface area contributed by atoms with Crippen LogP contribution < -0.4 is 0 Å². The van der Waals surface area contributed by atoms with Crippen molar-refractivity contribution in [3.8, 4) is 0 Å². The summed E-state index contributed by atoms with van der Waals surface area (Å²) in [6, 6.07) is 3.75. The largest absolute Gasteiger partial charge is 0.456 e. The molecule has 1 aliphatic carbocycles. The van der Waals surface area contributed by atoms with Crippen LogP contribution in [0.25, 0.3) is 0 Å². The topological polar surface area (TPSA) is 234 Å². The lowest BCUT2D eigenvalue weighted by Crippen LogP contribution is -2.64. The van der Waals surface area contributed by atoms with Crippen LogP contribution in [0.15, 0.2) is 52.5 Å². The van der Waals surface area contributed by atoms with E-state index in [0.29, 0.717) is 50.5 Å². The zero-order valence-corrected chi connectivity index (χ0v) is 50.9. The number of rotatable bonds is 15. The van der Waals surface area contributed by atoms with Gasteiger partial charge in [0.2, 0.25) is 14.1 Å². The number of cyclic esters (lactones) is 1. The fourth-order valence-electron chi connectivity index (χ4n) is 13.3. The minimum atomic E-state index is -4.66. The quantitative estimate of drug-likeness (QED) is 0.0327. The summed E-state index contributed by atoms with van der Waals surface area (Å²) >= 11 is 0. The molecule has 3 heterocycles. The Morgan fingerprint density at radius 1 is 0.872 bits per heavy atom. The Morgan fingerprint density at radius 2 is 1.49 bits per heavy atom. The average Bonchev–Trinajstić information content (AvgIpc) is 3.45. The molecule has 0 spiro atoms. The lowest BCUT2D eigenvalue weighted by Gasteiger charge is -2.47. The summed E-state index contributed by atoms with van der Waals surface area (Å²) in [5, 5.41) is 24.3. The summed E-state index contributed by atoms with van der Waals surface area (Å²) < 4.78 is 71.8. The third kappa shape index (κ3) is 14.7. The SMILES string of the molecule is CCC1/C=C(\C)CC(C)CC(OC)C2OC(O)(C(=O)C(=O)N3CCCCC3C(=O)OC(C(C)=CC3CCC(OC)C(OS(=O)(=O)c4ccccc4[N+](=O)[O-])C3)C(C)C(O[Si](C(C)C)(C(C)C)C(C)C)CC1=O)C(C)CC2OC. The zero-order valence-electron chi connectivity index (χ0n) is 49.1. The van der Waals surface area contributed by atoms with Crippen LogP contribution in [0.2, 0.25) is 16.6 Å². The molecule has 1 amide bonds. The molecule has 3 fully saturated rings. The van der Waals surface area contributed by atoms with Gasteiger partial charge in [0.05, 0.1) is 29.3 Å². The van der Waals surface area contributed by atoms with Gasteiger partial charge >= 0.3 is 16.1 Å². The van der Waals surface area contributed by atoms with Gasteiger partial charge in [-0.05, 0) is 118 Å². The third-order valence-electron chi connectivity index (χ3n) is 17.5. The molecule has 3 aliphatic heterocycles. The number of fused-ring (bicyclic) bond motifs is 3. The van der Waals surface area contributed by atoms with E-state index in [-0.39, 0.29) is 66.5 Å². The van der Waals surface area contributed by atoms with Crippen LogP contribution >= 0.6 is 0 Å². The van der Waals surface area contributed by atoms with Gasteiger partial charge in [-0.2, -0.15) is 8.42 Å². The van der Waals surface area contributed by atoms with Gasteiger partial charge in [-0.1, -0.05) is 99.1 Å². The molecule has 1 saturated carbocycles.